The molecule has 0 radical (unpaired) electrons. The summed E-state index contributed by atoms with van der Waals surface area (Å²) >= 11 is 0. The van der Waals surface area contributed by atoms with Gasteiger partial charge in [0.25, 0.3) is 6.43 Å². The highest BCUT2D eigenvalue weighted by atomic mass is 19.3. The zero-order valence-electron chi connectivity index (χ0n) is 19.4. The Kier molecular flexibility index (Phi) is 7.51. The molecule has 0 bridgehead atoms. The fraction of sp³-hybridized carbons (Fsp3) is 0.385. The quantitative estimate of drug-likeness (QED) is 0.419. The highest BCUT2D eigenvalue weighted by Crippen LogP contribution is 2.28. The molecule has 3 aromatic rings. The first kappa shape index (κ1) is 24.4. The Morgan fingerprint density at radius 1 is 1.00 bits per heavy atom. The van der Waals surface area contributed by atoms with Crippen molar-refractivity contribution in [3.05, 3.63) is 81.5 Å². The number of alkyl halides is 2. The minimum Gasteiger partial charge on any atom is -0.478 e. The van der Waals surface area contributed by atoms with Gasteiger partial charge in [-0.05, 0) is 55.4 Å². The maximum Gasteiger partial charge on any atom is 0.336 e. The monoisotopic (exact) mass is 456 g/mol. The zero-order valence-corrected chi connectivity index (χ0v) is 19.4. The summed E-state index contributed by atoms with van der Waals surface area (Å²) in [6, 6.07) is 13.6. The number of aromatic carboxylic acids is 1. The maximum absolute atomic E-state index is 14.0. The summed E-state index contributed by atoms with van der Waals surface area (Å²) < 4.78 is 30.7. The number of hydrogen-bond donors (Lipinski definition) is 1. The average Bonchev–Trinajstić information content (AvgIpc) is 3.04. The van der Waals surface area contributed by atoms with Gasteiger partial charge in [-0.1, -0.05) is 56.3 Å². The third kappa shape index (κ3) is 5.24. The molecule has 0 saturated carbocycles. The second kappa shape index (κ2) is 10.1. The van der Waals surface area contributed by atoms with Crippen molar-refractivity contribution >= 4 is 5.97 Å². The number of benzene rings is 2. The summed E-state index contributed by atoms with van der Waals surface area (Å²) in [6.07, 6.45) is -1.64. The van der Waals surface area contributed by atoms with Crippen molar-refractivity contribution in [1.29, 1.82) is 0 Å². The van der Waals surface area contributed by atoms with E-state index in [9.17, 15) is 23.5 Å². The molecule has 176 valence electrons. The third-order valence-electron chi connectivity index (χ3n) is 5.76. The molecule has 0 saturated heterocycles. The van der Waals surface area contributed by atoms with Gasteiger partial charge in [-0.3, -0.25) is 9.13 Å². The minimum absolute atomic E-state index is 0.173. The van der Waals surface area contributed by atoms with Crippen LogP contribution < -0.4 is 5.69 Å². The minimum atomic E-state index is -2.74. The molecule has 2 aromatic carbocycles. The van der Waals surface area contributed by atoms with Gasteiger partial charge in [-0.25, -0.2) is 18.4 Å². The first-order valence-corrected chi connectivity index (χ1v) is 11.1. The number of carboxylic acids is 1. The van der Waals surface area contributed by atoms with E-state index in [1.54, 1.807) is 62.4 Å². The van der Waals surface area contributed by atoms with Crippen molar-refractivity contribution < 1.29 is 18.7 Å². The van der Waals surface area contributed by atoms with Gasteiger partial charge < -0.3 is 5.11 Å². The normalized spacial score (nSPS) is 11.7. The number of nitrogens with zero attached hydrogens (tertiary/aromatic N) is 2. The van der Waals surface area contributed by atoms with Crippen LogP contribution in [0.2, 0.25) is 0 Å². The van der Waals surface area contributed by atoms with Crippen LogP contribution in [0.4, 0.5) is 8.78 Å². The topological polar surface area (TPSA) is 64.2 Å². The molecule has 1 N–H and O–H groups in total. The van der Waals surface area contributed by atoms with Crippen molar-refractivity contribution in [2.24, 2.45) is 5.92 Å². The molecule has 0 amide bonds. The van der Waals surface area contributed by atoms with Crippen molar-refractivity contribution in [2.75, 3.05) is 0 Å². The Bertz CT molecular complexity index is 1180. The number of hydrogen-bond acceptors (Lipinski definition) is 2. The van der Waals surface area contributed by atoms with Gasteiger partial charge in [0.2, 0.25) is 0 Å². The van der Waals surface area contributed by atoms with Crippen molar-refractivity contribution in [2.45, 2.75) is 59.5 Å². The second-order valence-electron chi connectivity index (χ2n) is 8.95. The van der Waals surface area contributed by atoms with Crippen LogP contribution in [0.15, 0.2) is 53.3 Å². The number of aromatic nitrogens is 2. The number of carboxylic acid groups (broad SMARTS) is 1. The Morgan fingerprint density at radius 2 is 1.64 bits per heavy atom. The van der Waals surface area contributed by atoms with Crippen LogP contribution >= 0.6 is 0 Å². The summed E-state index contributed by atoms with van der Waals surface area (Å²) in [4.78, 5) is 24.7. The molecule has 0 atom stereocenters. The lowest BCUT2D eigenvalue weighted by Gasteiger charge is -2.13. The van der Waals surface area contributed by atoms with Gasteiger partial charge in [0.05, 0.1) is 12.1 Å². The first-order valence-electron chi connectivity index (χ1n) is 11.1. The van der Waals surface area contributed by atoms with E-state index < -0.39 is 18.1 Å². The lowest BCUT2D eigenvalue weighted by atomic mass is 9.98. The molecular weight excluding hydrogens is 426 g/mol. The Labute approximate surface area is 192 Å². The van der Waals surface area contributed by atoms with Crippen molar-refractivity contribution in [3.8, 4) is 11.1 Å². The second-order valence-corrected chi connectivity index (χ2v) is 8.95. The zero-order chi connectivity index (χ0) is 24.3. The van der Waals surface area contributed by atoms with E-state index in [-0.39, 0.29) is 23.8 Å². The number of halogens is 2. The van der Waals surface area contributed by atoms with Crippen molar-refractivity contribution in [1.82, 2.24) is 9.13 Å². The van der Waals surface area contributed by atoms with E-state index in [4.69, 9.17) is 0 Å². The third-order valence-corrected chi connectivity index (χ3v) is 5.76. The highest BCUT2D eigenvalue weighted by Gasteiger charge is 2.27. The predicted molar refractivity (Wildman–Crippen MR) is 125 cm³/mol. The van der Waals surface area contributed by atoms with Crippen molar-refractivity contribution in [3.63, 3.8) is 0 Å². The molecule has 0 unspecified atom stereocenters. The molecule has 1 heterocycles. The predicted octanol–water partition coefficient (Wildman–Crippen LogP) is 6.17. The molecule has 0 fully saturated rings. The van der Waals surface area contributed by atoms with Gasteiger partial charge in [-0.2, -0.15) is 0 Å². The molecular formula is C26H30F2N2O3. The Hall–Kier alpha value is -3.22. The number of carbonyl (C=O) groups is 1. The fourth-order valence-electron chi connectivity index (χ4n) is 4.10. The van der Waals surface area contributed by atoms with E-state index in [0.29, 0.717) is 30.0 Å². The van der Waals surface area contributed by atoms with Crippen LogP contribution in [0.25, 0.3) is 11.1 Å². The van der Waals surface area contributed by atoms with Crippen LogP contribution in [0.3, 0.4) is 0 Å². The lowest BCUT2D eigenvalue weighted by molar-refractivity contribution is 0.0697. The highest BCUT2D eigenvalue weighted by molar-refractivity contribution is 5.95. The largest absolute Gasteiger partial charge is 0.478 e. The van der Waals surface area contributed by atoms with Gasteiger partial charge in [0.15, 0.2) is 0 Å². The van der Waals surface area contributed by atoms with E-state index >= 15 is 0 Å². The van der Waals surface area contributed by atoms with Gasteiger partial charge in [0, 0.05) is 11.7 Å². The molecule has 3 rings (SSSR count). The maximum atomic E-state index is 14.0. The fourth-order valence-corrected chi connectivity index (χ4v) is 4.10. The Morgan fingerprint density at radius 3 is 2.18 bits per heavy atom. The lowest BCUT2D eigenvalue weighted by Crippen LogP contribution is -2.27. The standard InChI is InChI=1S/C26H30F2N2O3/c1-16(2)9-14-22-23(24(27)28)30(17(3)4)26(33)29(22)15-18-10-12-19(13-11-18)20-7-5-6-8-21(20)25(31)32/h5-8,10-13,16-17,24H,9,14-15H2,1-4H3,(H,31,32). The molecule has 5 nitrogen and oxygen atoms in total. The summed E-state index contributed by atoms with van der Waals surface area (Å²) in [6.45, 7) is 7.69. The molecule has 0 aliphatic carbocycles. The molecule has 0 aliphatic heterocycles. The summed E-state index contributed by atoms with van der Waals surface area (Å²) in [5.41, 5.74) is 2.07. The summed E-state index contributed by atoms with van der Waals surface area (Å²) in [5, 5.41) is 9.44. The first-order chi connectivity index (χ1) is 15.6. The number of rotatable bonds is 9. The van der Waals surface area contributed by atoms with Crippen LogP contribution in [0.5, 0.6) is 0 Å². The smallest absolute Gasteiger partial charge is 0.336 e. The average molecular weight is 457 g/mol. The summed E-state index contributed by atoms with van der Waals surface area (Å²) in [5.74, 6) is -0.694. The van der Waals surface area contributed by atoms with Crippen LogP contribution in [0.1, 0.15) is 73.9 Å². The van der Waals surface area contributed by atoms with E-state index in [2.05, 4.69) is 0 Å². The van der Waals surface area contributed by atoms with Crippen LogP contribution in [-0.4, -0.2) is 20.2 Å². The Balaban J connectivity index is 2.02. The SMILES string of the molecule is CC(C)CCc1c(C(F)F)n(C(C)C)c(=O)n1Cc1ccc(-c2ccccc2C(=O)O)cc1. The van der Waals surface area contributed by atoms with Gasteiger partial charge >= 0.3 is 11.7 Å². The molecule has 1 aromatic heterocycles. The molecule has 0 aliphatic rings. The van der Waals surface area contributed by atoms with Crippen LogP contribution in [-0.2, 0) is 13.0 Å². The van der Waals surface area contributed by atoms with Gasteiger partial charge in [-0.15, -0.1) is 0 Å². The number of imidazole rings is 1. The van der Waals surface area contributed by atoms with Crippen LogP contribution in [0, 0.1) is 5.92 Å². The molecule has 0 spiro atoms. The molecule has 33 heavy (non-hydrogen) atoms. The molecule has 7 heteroatoms. The van der Waals surface area contributed by atoms with Gasteiger partial charge in [0.1, 0.15) is 5.69 Å². The van der Waals surface area contributed by atoms with E-state index in [0.717, 1.165) is 11.1 Å². The van der Waals surface area contributed by atoms with E-state index in [1.807, 2.05) is 13.8 Å². The summed E-state index contributed by atoms with van der Waals surface area (Å²) in [7, 11) is 0. The van der Waals surface area contributed by atoms with E-state index in [1.165, 1.54) is 9.13 Å².